The summed E-state index contributed by atoms with van der Waals surface area (Å²) in [5.74, 6) is 0.130. The molecule has 1 heterocycles. The Labute approximate surface area is 242 Å². The maximum atomic E-state index is 14.1. The second-order valence-corrected chi connectivity index (χ2v) is 12.0. The minimum Gasteiger partial charge on any atom is -0.486 e. The van der Waals surface area contributed by atoms with Gasteiger partial charge in [0.1, 0.15) is 25.8 Å². The van der Waals surface area contributed by atoms with E-state index < -0.39 is 28.5 Å². The van der Waals surface area contributed by atoms with Crippen molar-refractivity contribution in [3.8, 4) is 11.5 Å². The Morgan fingerprint density at radius 3 is 2.32 bits per heavy atom. The lowest BCUT2D eigenvalue weighted by atomic mass is 10.0. The molecule has 1 aliphatic rings. The largest absolute Gasteiger partial charge is 0.486 e. The van der Waals surface area contributed by atoms with Crippen LogP contribution in [0.25, 0.3) is 0 Å². The number of fused-ring (bicyclic) bond motifs is 1. The summed E-state index contributed by atoms with van der Waals surface area (Å²) in [6, 6.07) is 21.1. The van der Waals surface area contributed by atoms with E-state index in [-0.39, 0.29) is 24.6 Å². The van der Waals surface area contributed by atoms with Gasteiger partial charge in [0.05, 0.1) is 11.9 Å². The number of nitrogens with one attached hydrogen (secondary N) is 1. The summed E-state index contributed by atoms with van der Waals surface area (Å²) < 4.78 is 38.3. The van der Waals surface area contributed by atoms with Crippen LogP contribution in [0.4, 0.5) is 5.69 Å². The minimum absolute atomic E-state index is 0.135. The van der Waals surface area contributed by atoms with E-state index in [9.17, 15) is 18.0 Å². The van der Waals surface area contributed by atoms with E-state index in [2.05, 4.69) is 5.32 Å². The van der Waals surface area contributed by atoms with Crippen molar-refractivity contribution in [1.29, 1.82) is 0 Å². The summed E-state index contributed by atoms with van der Waals surface area (Å²) in [5, 5.41) is 2.94. The maximum Gasteiger partial charge on any atom is 0.244 e. The highest BCUT2D eigenvalue weighted by molar-refractivity contribution is 7.92. The number of rotatable bonds is 12. The van der Waals surface area contributed by atoms with Crippen LogP contribution in [0.2, 0.25) is 0 Å². The van der Waals surface area contributed by atoms with Crippen LogP contribution in [0.15, 0.2) is 72.8 Å². The van der Waals surface area contributed by atoms with Gasteiger partial charge in [-0.1, -0.05) is 67.1 Å². The number of sulfonamides is 1. The minimum atomic E-state index is -3.88. The average Bonchev–Trinajstić information content (AvgIpc) is 2.96. The molecule has 0 saturated carbocycles. The van der Waals surface area contributed by atoms with Crippen LogP contribution < -0.4 is 19.1 Å². The number of ether oxygens (including phenoxy) is 2. The fourth-order valence-electron chi connectivity index (χ4n) is 4.73. The normalized spacial score (nSPS) is 13.2. The molecule has 3 aromatic rings. The quantitative estimate of drug-likeness (QED) is 0.351. The summed E-state index contributed by atoms with van der Waals surface area (Å²) in [6.45, 7) is 4.76. The fraction of sp³-hybridized carbons (Fsp3) is 0.355. The van der Waals surface area contributed by atoms with E-state index in [1.165, 1.54) is 4.90 Å². The molecule has 0 aliphatic carbocycles. The number of hydrogen-bond donors (Lipinski definition) is 1. The zero-order valence-corrected chi connectivity index (χ0v) is 24.5. The molecule has 0 saturated heterocycles. The summed E-state index contributed by atoms with van der Waals surface area (Å²) >= 11 is 0. The molecule has 0 unspecified atom stereocenters. The Balaban J connectivity index is 1.72. The van der Waals surface area contributed by atoms with Gasteiger partial charge in [0.15, 0.2) is 11.5 Å². The lowest BCUT2D eigenvalue weighted by Crippen LogP contribution is -2.53. The number of carbonyl (C=O) groups is 2. The number of nitrogens with zero attached hydrogens (tertiary/aromatic N) is 2. The molecule has 1 N–H and O–H groups in total. The molecule has 41 heavy (non-hydrogen) atoms. The third-order valence-electron chi connectivity index (χ3n) is 6.75. The molecule has 1 aliphatic heterocycles. The second kappa shape index (κ2) is 13.5. The van der Waals surface area contributed by atoms with Gasteiger partial charge in [-0.2, -0.15) is 0 Å². The number of amides is 2. The molecule has 4 rings (SSSR count). The molecule has 0 radical (unpaired) electrons. The van der Waals surface area contributed by atoms with Gasteiger partial charge in [-0.05, 0) is 36.6 Å². The first-order valence-corrected chi connectivity index (χ1v) is 15.5. The van der Waals surface area contributed by atoms with Gasteiger partial charge in [0.25, 0.3) is 0 Å². The van der Waals surface area contributed by atoms with E-state index in [1.807, 2.05) is 68.4 Å². The molecule has 218 valence electrons. The van der Waals surface area contributed by atoms with Crippen LogP contribution in [0.1, 0.15) is 30.0 Å². The van der Waals surface area contributed by atoms with E-state index in [4.69, 9.17) is 9.47 Å². The Morgan fingerprint density at radius 2 is 1.63 bits per heavy atom. The van der Waals surface area contributed by atoms with Gasteiger partial charge in [-0.3, -0.25) is 13.9 Å². The molecular formula is C31H37N3O6S. The number of carbonyl (C=O) groups excluding carboxylic acids is 2. The zero-order chi connectivity index (χ0) is 29.4. The first-order valence-electron chi connectivity index (χ1n) is 13.7. The molecule has 2 amide bonds. The number of hydrogen-bond acceptors (Lipinski definition) is 6. The molecule has 3 aromatic carbocycles. The first-order chi connectivity index (χ1) is 19.7. The topological polar surface area (TPSA) is 105 Å². The van der Waals surface area contributed by atoms with Gasteiger partial charge >= 0.3 is 0 Å². The van der Waals surface area contributed by atoms with Crippen molar-refractivity contribution < 1.29 is 27.5 Å². The summed E-state index contributed by atoms with van der Waals surface area (Å²) in [5.41, 5.74) is 3.01. The number of anilines is 1. The fourth-order valence-corrected chi connectivity index (χ4v) is 5.57. The monoisotopic (exact) mass is 579 g/mol. The van der Waals surface area contributed by atoms with E-state index in [0.717, 1.165) is 33.7 Å². The SMILES string of the molecule is CCCNC(=O)[C@@H](Cc1ccccc1)N(Cc1cccc(C)c1)C(=O)CN(c1ccc2c(c1)OCCO2)S(C)(=O)=O. The lowest BCUT2D eigenvalue weighted by molar-refractivity contribution is -0.140. The molecule has 0 spiro atoms. The second-order valence-electron chi connectivity index (χ2n) is 10.1. The Morgan fingerprint density at radius 1 is 0.927 bits per heavy atom. The molecule has 0 fully saturated rings. The van der Waals surface area contributed by atoms with Gasteiger partial charge in [0.2, 0.25) is 21.8 Å². The predicted molar refractivity (Wildman–Crippen MR) is 159 cm³/mol. The molecule has 9 nitrogen and oxygen atoms in total. The number of aryl methyl sites for hydroxylation is 1. The highest BCUT2D eigenvalue weighted by atomic mass is 32.2. The van der Waals surface area contributed by atoms with E-state index >= 15 is 0 Å². The third kappa shape index (κ3) is 8.00. The maximum absolute atomic E-state index is 14.1. The van der Waals surface area contributed by atoms with Crippen LogP contribution in [-0.2, 0) is 32.6 Å². The third-order valence-corrected chi connectivity index (χ3v) is 7.89. The standard InChI is InChI=1S/C31H37N3O6S/c1-4-15-32-31(36)27(19-24-10-6-5-7-11-24)33(21-25-12-8-9-23(2)18-25)30(35)22-34(41(3,37)38)26-13-14-28-29(20-26)40-17-16-39-28/h5-14,18,20,27H,4,15-17,19,21-22H2,1-3H3,(H,32,36)/t27-/m1/s1. The van der Waals surface area contributed by atoms with Crippen LogP contribution in [0.3, 0.4) is 0 Å². The van der Waals surface area contributed by atoms with Crippen LogP contribution >= 0.6 is 0 Å². The van der Waals surface area contributed by atoms with Crippen molar-refractivity contribution in [3.05, 3.63) is 89.5 Å². The van der Waals surface area contributed by atoms with Crippen LogP contribution in [0.5, 0.6) is 11.5 Å². The molecular weight excluding hydrogens is 542 g/mol. The van der Waals surface area contributed by atoms with Crippen molar-refractivity contribution in [2.75, 3.05) is 36.9 Å². The van der Waals surface area contributed by atoms with Gasteiger partial charge in [-0.15, -0.1) is 0 Å². The summed E-state index contributed by atoms with van der Waals surface area (Å²) in [7, 11) is -3.88. The average molecular weight is 580 g/mol. The Hall–Kier alpha value is -4.05. The highest BCUT2D eigenvalue weighted by Crippen LogP contribution is 2.34. The van der Waals surface area contributed by atoms with Crippen molar-refractivity contribution in [2.45, 2.75) is 39.3 Å². The molecule has 0 aromatic heterocycles. The van der Waals surface area contributed by atoms with E-state index in [0.29, 0.717) is 31.3 Å². The van der Waals surface area contributed by atoms with Crippen molar-refractivity contribution in [3.63, 3.8) is 0 Å². The lowest BCUT2D eigenvalue weighted by Gasteiger charge is -2.33. The van der Waals surface area contributed by atoms with Gasteiger partial charge < -0.3 is 19.7 Å². The molecule has 0 bridgehead atoms. The highest BCUT2D eigenvalue weighted by Gasteiger charge is 2.33. The van der Waals surface area contributed by atoms with E-state index in [1.54, 1.807) is 18.2 Å². The molecule has 10 heteroatoms. The summed E-state index contributed by atoms with van der Waals surface area (Å²) in [6.07, 6.45) is 2.07. The van der Waals surface area contributed by atoms with Crippen molar-refractivity contribution >= 4 is 27.5 Å². The number of benzene rings is 3. The first kappa shape index (κ1) is 29.9. The van der Waals surface area contributed by atoms with Crippen LogP contribution in [-0.4, -0.2) is 63.7 Å². The smallest absolute Gasteiger partial charge is 0.244 e. The van der Waals surface area contributed by atoms with Crippen molar-refractivity contribution in [1.82, 2.24) is 10.2 Å². The van der Waals surface area contributed by atoms with Gasteiger partial charge in [0, 0.05) is 25.6 Å². The Kier molecular flexibility index (Phi) is 9.88. The zero-order valence-electron chi connectivity index (χ0n) is 23.7. The molecule has 1 atom stereocenters. The summed E-state index contributed by atoms with van der Waals surface area (Å²) in [4.78, 5) is 29.2. The predicted octanol–water partition coefficient (Wildman–Crippen LogP) is 3.70. The Bertz CT molecular complexity index is 1460. The van der Waals surface area contributed by atoms with Gasteiger partial charge in [-0.25, -0.2) is 8.42 Å². The van der Waals surface area contributed by atoms with Crippen molar-refractivity contribution in [2.24, 2.45) is 0 Å². The van der Waals surface area contributed by atoms with Crippen LogP contribution in [0, 0.1) is 6.92 Å².